The maximum Gasteiger partial charge on any atom is 0.312 e. The number of esters is 1. The number of allylic oxidation sites excluding steroid dienone is 1. The third kappa shape index (κ3) is 2.41. The molecular weight excluding hydrogens is 212 g/mol. The minimum Gasteiger partial charge on any atom is -0.465 e. The molecule has 90 valence electrons. The lowest BCUT2D eigenvalue weighted by Gasteiger charge is -2.24. The summed E-state index contributed by atoms with van der Waals surface area (Å²) >= 11 is 0. The second kappa shape index (κ2) is 4.74. The Balaban J connectivity index is 2.09. The molecule has 1 fully saturated rings. The largest absolute Gasteiger partial charge is 0.465 e. The Kier molecular flexibility index (Phi) is 3.32. The Morgan fingerprint density at radius 1 is 1.35 bits per heavy atom. The molecule has 17 heavy (non-hydrogen) atoms. The van der Waals surface area contributed by atoms with Gasteiger partial charge in [0.25, 0.3) is 0 Å². The third-order valence-electron chi connectivity index (χ3n) is 3.70. The summed E-state index contributed by atoms with van der Waals surface area (Å²) in [5.41, 5.74) is 0.806. The molecule has 0 saturated carbocycles. The summed E-state index contributed by atoms with van der Waals surface area (Å²) in [5.74, 6) is 0.125. The van der Waals surface area contributed by atoms with Gasteiger partial charge >= 0.3 is 5.97 Å². The highest BCUT2D eigenvalue weighted by Gasteiger charge is 2.43. The first kappa shape index (κ1) is 11.9. The third-order valence-corrected chi connectivity index (χ3v) is 3.70. The number of carbonyl (C=O) groups is 1. The first-order valence-corrected chi connectivity index (χ1v) is 6.03. The molecular formula is C15H18O2. The maximum absolute atomic E-state index is 11.7. The Bertz CT molecular complexity index is 422. The molecule has 2 nitrogen and oxygen atoms in total. The number of benzene rings is 1. The summed E-state index contributed by atoms with van der Waals surface area (Å²) < 4.78 is 5.07. The van der Waals surface area contributed by atoms with Crippen LogP contribution in [-0.2, 0) is 9.53 Å². The SMILES string of the molecule is CC(/C=C/c1ccccc1)C1(C)CCOC1=O. The van der Waals surface area contributed by atoms with Gasteiger partial charge in [-0.3, -0.25) is 4.79 Å². The Labute approximate surface area is 102 Å². The quantitative estimate of drug-likeness (QED) is 0.745. The van der Waals surface area contributed by atoms with Crippen molar-refractivity contribution in [2.45, 2.75) is 20.3 Å². The van der Waals surface area contributed by atoms with Gasteiger partial charge in [0.1, 0.15) is 0 Å². The topological polar surface area (TPSA) is 26.3 Å². The number of ether oxygens (including phenoxy) is 1. The van der Waals surface area contributed by atoms with Crippen molar-refractivity contribution < 1.29 is 9.53 Å². The molecule has 1 aromatic rings. The van der Waals surface area contributed by atoms with Crippen LogP contribution in [0.15, 0.2) is 36.4 Å². The molecule has 1 heterocycles. The summed E-state index contributed by atoms with van der Waals surface area (Å²) in [6.07, 6.45) is 4.98. The fourth-order valence-electron chi connectivity index (χ4n) is 2.07. The molecule has 2 unspecified atom stereocenters. The first-order chi connectivity index (χ1) is 8.13. The second-order valence-corrected chi connectivity index (χ2v) is 4.86. The fourth-order valence-corrected chi connectivity index (χ4v) is 2.07. The van der Waals surface area contributed by atoms with Gasteiger partial charge < -0.3 is 4.74 Å². The Morgan fingerprint density at radius 3 is 2.65 bits per heavy atom. The summed E-state index contributed by atoms with van der Waals surface area (Å²) in [6, 6.07) is 10.1. The van der Waals surface area contributed by atoms with Crippen LogP contribution >= 0.6 is 0 Å². The van der Waals surface area contributed by atoms with Gasteiger partial charge in [0.2, 0.25) is 0 Å². The van der Waals surface area contributed by atoms with E-state index in [0.717, 1.165) is 12.0 Å². The summed E-state index contributed by atoms with van der Waals surface area (Å²) in [4.78, 5) is 11.7. The minimum absolute atomic E-state index is 0.0669. The molecule has 0 N–H and O–H groups in total. The van der Waals surface area contributed by atoms with Crippen LogP contribution in [0.4, 0.5) is 0 Å². The van der Waals surface area contributed by atoms with Gasteiger partial charge in [-0.1, -0.05) is 49.4 Å². The van der Waals surface area contributed by atoms with Crippen molar-refractivity contribution in [3.63, 3.8) is 0 Å². The van der Waals surface area contributed by atoms with Gasteiger partial charge in [-0.05, 0) is 24.8 Å². The molecule has 1 aliphatic rings. The van der Waals surface area contributed by atoms with E-state index in [1.54, 1.807) is 0 Å². The van der Waals surface area contributed by atoms with Gasteiger partial charge in [-0.15, -0.1) is 0 Å². The molecule has 1 saturated heterocycles. The Hall–Kier alpha value is -1.57. The molecule has 1 aromatic carbocycles. The normalized spacial score (nSPS) is 26.1. The molecule has 0 aromatic heterocycles. The van der Waals surface area contributed by atoms with E-state index in [-0.39, 0.29) is 17.3 Å². The first-order valence-electron chi connectivity index (χ1n) is 6.03. The van der Waals surface area contributed by atoms with Gasteiger partial charge in [0, 0.05) is 0 Å². The monoisotopic (exact) mass is 230 g/mol. The summed E-state index contributed by atoms with van der Waals surface area (Å²) in [5, 5.41) is 0. The lowest BCUT2D eigenvalue weighted by atomic mass is 9.76. The highest BCUT2D eigenvalue weighted by Crippen LogP contribution is 2.38. The molecule has 1 aliphatic heterocycles. The van der Waals surface area contributed by atoms with E-state index < -0.39 is 0 Å². The van der Waals surface area contributed by atoms with Gasteiger partial charge in [-0.25, -0.2) is 0 Å². The average molecular weight is 230 g/mol. The molecule has 0 spiro atoms. The van der Waals surface area contributed by atoms with Gasteiger partial charge in [-0.2, -0.15) is 0 Å². The number of carbonyl (C=O) groups excluding carboxylic acids is 1. The van der Waals surface area contributed by atoms with Crippen LogP contribution in [0.25, 0.3) is 6.08 Å². The van der Waals surface area contributed by atoms with Crippen LogP contribution in [-0.4, -0.2) is 12.6 Å². The Morgan fingerprint density at radius 2 is 2.06 bits per heavy atom. The molecule has 0 aliphatic carbocycles. The predicted molar refractivity (Wildman–Crippen MR) is 68.3 cm³/mol. The lowest BCUT2D eigenvalue weighted by Crippen LogP contribution is -2.29. The van der Waals surface area contributed by atoms with Crippen LogP contribution in [0.1, 0.15) is 25.8 Å². The van der Waals surface area contributed by atoms with Crippen molar-refractivity contribution >= 4 is 12.0 Å². The molecule has 0 amide bonds. The van der Waals surface area contributed by atoms with Crippen molar-refractivity contribution in [2.24, 2.45) is 11.3 Å². The predicted octanol–water partition coefficient (Wildman–Crippen LogP) is 3.29. The van der Waals surface area contributed by atoms with E-state index in [4.69, 9.17) is 4.74 Å². The summed E-state index contributed by atoms with van der Waals surface area (Å²) in [6.45, 7) is 4.62. The van der Waals surface area contributed by atoms with Crippen molar-refractivity contribution in [3.8, 4) is 0 Å². The van der Waals surface area contributed by atoms with E-state index in [1.165, 1.54) is 0 Å². The molecule has 2 rings (SSSR count). The van der Waals surface area contributed by atoms with Gasteiger partial charge in [0.05, 0.1) is 12.0 Å². The zero-order valence-corrected chi connectivity index (χ0v) is 10.3. The number of cyclic esters (lactones) is 1. The van der Waals surface area contributed by atoms with Crippen LogP contribution < -0.4 is 0 Å². The lowest BCUT2D eigenvalue weighted by molar-refractivity contribution is -0.146. The van der Waals surface area contributed by atoms with Crippen molar-refractivity contribution in [3.05, 3.63) is 42.0 Å². The molecule has 2 heteroatoms. The van der Waals surface area contributed by atoms with Crippen LogP contribution in [0.5, 0.6) is 0 Å². The van der Waals surface area contributed by atoms with Crippen molar-refractivity contribution in [1.29, 1.82) is 0 Å². The minimum atomic E-state index is -0.356. The number of hydrogen-bond acceptors (Lipinski definition) is 2. The van der Waals surface area contributed by atoms with Crippen molar-refractivity contribution in [1.82, 2.24) is 0 Å². The smallest absolute Gasteiger partial charge is 0.312 e. The van der Waals surface area contributed by atoms with Crippen LogP contribution in [0, 0.1) is 11.3 Å². The fraction of sp³-hybridized carbons (Fsp3) is 0.400. The van der Waals surface area contributed by atoms with E-state index >= 15 is 0 Å². The van der Waals surface area contributed by atoms with E-state index in [0.29, 0.717) is 6.61 Å². The summed E-state index contributed by atoms with van der Waals surface area (Å²) in [7, 11) is 0. The molecule has 2 atom stereocenters. The average Bonchev–Trinajstić information content (AvgIpc) is 2.69. The van der Waals surface area contributed by atoms with Crippen LogP contribution in [0.3, 0.4) is 0 Å². The second-order valence-electron chi connectivity index (χ2n) is 4.86. The van der Waals surface area contributed by atoms with E-state index in [1.807, 2.05) is 25.1 Å². The zero-order valence-electron chi connectivity index (χ0n) is 10.3. The van der Waals surface area contributed by atoms with Crippen LogP contribution in [0.2, 0.25) is 0 Å². The highest BCUT2D eigenvalue weighted by molar-refractivity contribution is 5.79. The van der Waals surface area contributed by atoms with E-state index in [9.17, 15) is 4.79 Å². The number of rotatable bonds is 3. The standard InChI is InChI=1S/C15H18O2/c1-12(15(2)10-11-17-14(15)16)8-9-13-6-4-3-5-7-13/h3-9,12H,10-11H2,1-2H3/b9-8+. The van der Waals surface area contributed by atoms with Gasteiger partial charge in [0.15, 0.2) is 0 Å². The zero-order chi connectivity index (χ0) is 12.3. The highest BCUT2D eigenvalue weighted by atomic mass is 16.5. The number of hydrogen-bond donors (Lipinski definition) is 0. The molecule has 0 bridgehead atoms. The molecule has 0 radical (unpaired) electrons. The maximum atomic E-state index is 11.7. The van der Waals surface area contributed by atoms with Crippen molar-refractivity contribution in [2.75, 3.05) is 6.61 Å². The van der Waals surface area contributed by atoms with E-state index in [2.05, 4.69) is 31.2 Å².